The highest BCUT2D eigenvalue weighted by molar-refractivity contribution is 9.09. The summed E-state index contributed by atoms with van der Waals surface area (Å²) >= 11 is 3.84. The summed E-state index contributed by atoms with van der Waals surface area (Å²) in [5, 5.41) is 0. The number of aliphatic imine (C=N–C) groups is 1. The third-order valence-electron chi connectivity index (χ3n) is 4.48. The maximum Gasteiger partial charge on any atom is 0.349 e. The second kappa shape index (κ2) is 7.26. The Kier molecular flexibility index (Phi) is 4.67. The average molecular weight is 405 g/mol. The lowest BCUT2D eigenvalue weighted by Crippen LogP contribution is -2.40. The van der Waals surface area contributed by atoms with Gasteiger partial charge in [-0.2, -0.15) is 4.99 Å². The van der Waals surface area contributed by atoms with Crippen LogP contribution in [0, 0.1) is 0 Å². The number of halogens is 1. The highest BCUT2D eigenvalue weighted by Crippen LogP contribution is 2.37. The number of carbonyl (C=O) groups excluding carboxylic acids is 1. The van der Waals surface area contributed by atoms with Gasteiger partial charge >= 0.3 is 6.03 Å². The molecule has 3 nitrogen and oxygen atoms in total. The lowest BCUT2D eigenvalue weighted by Gasteiger charge is -2.29. The van der Waals surface area contributed by atoms with Crippen LogP contribution in [0.5, 0.6) is 0 Å². The van der Waals surface area contributed by atoms with Crippen LogP contribution in [0.25, 0.3) is 0 Å². The zero-order valence-corrected chi connectivity index (χ0v) is 15.6. The van der Waals surface area contributed by atoms with Crippen LogP contribution in [0.4, 0.5) is 10.5 Å². The molecule has 4 rings (SSSR count). The van der Waals surface area contributed by atoms with Gasteiger partial charge in [-0.3, -0.25) is 4.90 Å². The predicted octanol–water partition coefficient (Wildman–Crippen LogP) is 5.62. The molecule has 0 bridgehead atoms. The molecule has 0 saturated heterocycles. The van der Waals surface area contributed by atoms with Crippen LogP contribution in [0.15, 0.2) is 96.0 Å². The third-order valence-corrected chi connectivity index (χ3v) is 5.51. The van der Waals surface area contributed by atoms with Gasteiger partial charge in [0.2, 0.25) is 0 Å². The second-order valence-electron chi connectivity index (χ2n) is 6.11. The first kappa shape index (κ1) is 16.7. The Labute approximate surface area is 161 Å². The van der Waals surface area contributed by atoms with Crippen molar-refractivity contribution < 1.29 is 4.79 Å². The van der Waals surface area contributed by atoms with Gasteiger partial charge in [-0.15, -0.1) is 0 Å². The summed E-state index contributed by atoms with van der Waals surface area (Å²) in [7, 11) is 0. The van der Waals surface area contributed by atoms with Crippen molar-refractivity contribution >= 4 is 33.4 Å². The Hall–Kier alpha value is -2.72. The van der Waals surface area contributed by atoms with Crippen molar-refractivity contribution in [3.63, 3.8) is 0 Å². The Morgan fingerprint density at radius 3 is 1.96 bits per heavy atom. The first-order chi connectivity index (χ1) is 12.8. The van der Waals surface area contributed by atoms with E-state index in [0.717, 1.165) is 22.5 Å². The molecule has 0 fully saturated rings. The molecule has 1 heterocycles. The molecule has 2 atom stereocenters. The van der Waals surface area contributed by atoms with E-state index in [2.05, 4.69) is 33.1 Å². The van der Waals surface area contributed by atoms with Crippen LogP contribution in [-0.4, -0.2) is 17.8 Å². The molecule has 0 aliphatic carbocycles. The summed E-state index contributed by atoms with van der Waals surface area (Å²) in [6.07, 6.45) is 0. The van der Waals surface area contributed by atoms with Crippen LogP contribution >= 0.6 is 15.9 Å². The highest BCUT2D eigenvalue weighted by atomic mass is 79.9. The minimum atomic E-state index is -0.236. The van der Waals surface area contributed by atoms with Gasteiger partial charge in [0.25, 0.3) is 0 Å². The second-order valence-corrected chi connectivity index (χ2v) is 7.09. The van der Waals surface area contributed by atoms with Crippen molar-refractivity contribution in [2.24, 2.45) is 4.99 Å². The molecule has 0 radical (unpaired) electrons. The monoisotopic (exact) mass is 404 g/mol. The van der Waals surface area contributed by atoms with E-state index in [9.17, 15) is 4.79 Å². The topological polar surface area (TPSA) is 32.7 Å². The molecule has 1 aliphatic heterocycles. The molecule has 0 aromatic heterocycles. The fourth-order valence-electron chi connectivity index (χ4n) is 3.26. The zero-order valence-electron chi connectivity index (χ0n) is 14.0. The molecule has 3 aromatic carbocycles. The lowest BCUT2D eigenvalue weighted by molar-refractivity contribution is 0.255. The van der Waals surface area contributed by atoms with Crippen LogP contribution < -0.4 is 4.90 Å². The van der Waals surface area contributed by atoms with Crippen molar-refractivity contribution in [2.75, 3.05) is 4.90 Å². The Bertz CT molecular complexity index is 926. The van der Waals surface area contributed by atoms with E-state index in [1.165, 1.54) is 0 Å². The van der Waals surface area contributed by atoms with Gasteiger partial charge in [0.1, 0.15) is 0 Å². The molecule has 2 amide bonds. The van der Waals surface area contributed by atoms with Crippen molar-refractivity contribution in [3.05, 3.63) is 102 Å². The molecule has 0 spiro atoms. The van der Waals surface area contributed by atoms with Gasteiger partial charge in [-0.25, -0.2) is 4.79 Å². The molecule has 2 unspecified atom stereocenters. The van der Waals surface area contributed by atoms with Crippen LogP contribution in [0.1, 0.15) is 16.0 Å². The number of carbonyl (C=O) groups is 1. The van der Waals surface area contributed by atoms with E-state index in [1.807, 2.05) is 78.9 Å². The minimum absolute atomic E-state index is 0.0747. The first-order valence-corrected chi connectivity index (χ1v) is 9.38. The largest absolute Gasteiger partial charge is 0.349 e. The maximum absolute atomic E-state index is 12.8. The number of alkyl halides is 1. The number of nitrogens with zero attached hydrogens (tertiary/aromatic N) is 2. The van der Waals surface area contributed by atoms with Gasteiger partial charge in [0.05, 0.1) is 16.6 Å². The molecule has 0 saturated carbocycles. The van der Waals surface area contributed by atoms with Crippen molar-refractivity contribution in [2.45, 2.75) is 10.9 Å². The molecular formula is C22H17BrN2O. The third kappa shape index (κ3) is 3.08. The number of rotatable bonds is 4. The van der Waals surface area contributed by atoms with Gasteiger partial charge < -0.3 is 0 Å². The average Bonchev–Trinajstić information content (AvgIpc) is 3.06. The zero-order chi connectivity index (χ0) is 17.9. The van der Waals surface area contributed by atoms with Crippen LogP contribution in [-0.2, 0) is 0 Å². The SMILES string of the molecule is O=C1N=C(c2ccccc2)C(C(Br)c2ccccc2)N1c1ccccc1. The van der Waals surface area contributed by atoms with Crippen molar-refractivity contribution in [1.82, 2.24) is 0 Å². The van der Waals surface area contributed by atoms with Crippen LogP contribution in [0.3, 0.4) is 0 Å². The van der Waals surface area contributed by atoms with Gasteiger partial charge in [0.15, 0.2) is 0 Å². The number of amides is 2. The number of benzene rings is 3. The molecule has 4 heteroatoms. The van der Waals surface area contributed by atoms with E-state index < -0.39 is 0 Å². The predicted molar refractivity (Wildman–Crippen MR) is 109 cm³/mol. The van der Waals surface area contributed by atoms with Gasteiger partial charge in [-0.05, 0) is 23.3 Å². The highest BCUT2D eigenvalue weighted by Gasteiger charge is 2.41. The summed E-state index contributed by atoms with van der Waals surface area (Å²) in [4.78, 5) is 18.9. The molecule has 1 aliphatic rings. The summed E-state index contributed by atoms with van der Waals surface area (Å²) in [6, 6.07) is 29.3. The molecular weight excluding hydrogens is 388 g/mol. The van der Waals surface area contributed by atoms with Crippen molar-refractivity contribution in [1.29, 1.82) is 0 Å². The van der Waals surface area contributed by atoms with Gasteiger partial charge in [0, 0.05) is 5.69 Å². The number of hydrogen-bond donors (Lipinski definition) is 0. The molecule has 0 N–H and O–H groups in total. The number of hydrogen-bond acceptors (Lipinski definition) is 1. The number of anilines is 1. The van der Waals surface area contributed by atoms with E-state index in [1.54, 1.807) is 4.90 Å². The summed E-state index contributed by atoms with van der Waals surface area (Å²) < 4.78 is 0. The van der Waals surface area contributed by atoms with Gasteiger partial charge in [-0.1, -0.05) is 94.8 Å². The smallest absolute Gasteiger partial charge is 0.282 e. The Morgan fingerprint density at radius 2 is 1.35 bits per heavy atom. The first-order valence-electron chi connectivity index (χ1n) is 8.47. The molecule has 3 aromatic rings. The maximum atomic E-state index is 12.8. The fraction of sp³-hybridized carbons (Fsp3) is 0.0909. The van der Waals surface area contributed by atoms with Crippen LogP contribution in [0.2, 0.25) is 0 Å². The Morgan fingerprint density at radius 1 is 0.808 bits per heavy atom. The minimum Gasteiger partial charge on any atom is -0.282 e. The number of para-hydroxylation sites is 1. The van der Waals surface area contributed by atoms with E-state index in [0.29, 0.717) is 0 Å². The van der Waals surface area contributed by atoms with E-state index in [-0.39, 0.29) is 16.9 Å². The van der Waals surface area contributed by atoms with Crippen molar-refractivity contribution in [3.8, 4) is 0 Å². The summed E-state index contributed by atoms with van der Waals surface area (Å²) in [5.74, 6) is 0. The van der Waals surface area contributed by atoms with E-state index in [4.69, 9.17) is 0 Å². The fourth-order valence-corrected chi connectivity index (χ4v) is 4.05. The Balaban J connectivity index is 1.81. The molecule has 26 heavy (non-hydrogen) atoms. The molecule has 128 valence electrons. The quantitative estimate of drug-likeness (QED) is 0.519. The summed E-state index contributed by atoms with van der Waals surface area (Å²) in [5.41, 5.74) is 3.70. The standard InChI is InChI=1S/C22H17BrN2O/c23-19(16-10-4-1-5-11-16)21-20(17-12-6-2-7-13-17)24-22(26)25(21)18-14-8-3-9-15-18/h1-15,19,21H. The lowest BCUT2D eigenvalue weighted by atomic mass is 9.96. The normalized spacial score (nSPS) is 17.9. The summed E-state index contributed by atoms with van der Waals surface area (Å²) in [6.45, 7) is 0. The number of urea groups is 1. The van der Waals surface area contributed by atoms with E-state index >= 15 is 0 Å².